The van der Waals surface area contributed by atoms with Gasteiger partial charge in [-0.25, -0.2) is 9.50 Å². The van der Waals surface area contributed by atoms with Crippen molar-refractivity contribution >= 4 is 21.6 Å². The van der Waals surface area contributed by atoms with Crippen molar-refractivity contribution in [3.63, 3.8) is 0 Å². The number of fused-ring (bicyclic) bond motifs is 1. The van der Waals surface area contributed by atoms with Crippen molar-refractivity contribution in [2.24, 2.45) is 0 Å². The van der Waals surface area contributed by atoms with E-state index in [-0.39, 0.29) is 10.8 Å². The molecule has 4 rings (SSSR count). The topological polar surface area (TPSA) is 30.2 Å². The van der Waals surface area contributed by atoms with E-state index in [0.717, 1.165) is 21.2 Å². The highest BCUT2D eigenvalue weighted by Crippen LogP contribution is 2.26. The Hall–Kier alpha value is -2.46. The number of hydrogen-bond acceptors (Lipinski definition) is 2. The number of benzene rings is 2. The molecule has 30 heavy (non-hydrogen) atoms. The highest BCUT2D eigenvalue weighted by atomic mass is 79.9. The fraction of sp³-hybridized carbons (Fsp3) is 0.308. The Kier molecular flexibility index (Phi) is 6.47. The third kappa shape index (κ3) is 5.57. The van der Waals surface area contributed by atoms with Gasteiger partial charge in [-0.05, 0) is 39.7 Å². The van der Waals surface area contributed by atoms with Gasteiger partial charge in [-0.1, -0.05) is 93.9 Å². The largest absolute Gasteiger partial charge is 0.236 e. The highest BCUT2D eigenvalue weighted by molar-refractivity contribution is 9.10. The van der Waals surface area contributed by atoms with Gasteiger partial charge in [0, 0.05) is 28.5 Å². The van der Waals surface area contributed by atoms with E-state index in [1.807, 2.05) is 18.5 Å². The van der Waals surface area contributed by atoms with E-state index < -0.39 is 0 Å². The van der Waals surface area contributed by atoms with E-state index in [4.69, 9.17) is 0 Å². The zero-order valence-electron chi connectivity index (χ0n) is 18.6. The Balaban J connectivity index is 0.000000199. The SMILES string of the molecule is CC(C)(C)c1ccc(-c2cnc3ccnn3c2)cc1.CC(C)(C)c1ccc(Br)cc1. The van der Waals surface area contributed by atoms with E-state index in [2.05, 4.69) is 116 Å². The fourth-order valence-electron chi connectivity index (χ4n) is 3.07. The van der Waals surface area contributed by atoms with Crippen LogP contribution in [0.25, 0.3) is 16.8 Å². The van der Waals surface area contributed by atoms with Crippen LogP contribution in [0.15, 0.2) is 77.7 Å². The second-order valence-electron chi connectivity index (χ2n) is 9.56. The molecule has 0 aliphatic rings. The smallest absolute Gasteiger partial charge is 0.154 e. The Morgan fingerprint density at radius 3 is 1.77 bits per heavy atom. The second kappa shape index (κ2) is 8.73. The van der Waals surface area contributed by atoms with E-state index >= 15 is 0 Å². The van der Waals surface area contributed by atoms with Crippen LogP contribution in [0.4, 0.5) is 0 Å². The molecule has 0 unspecified atom stereocenters. The van der Waals surface area contributed by atoms with Crippen molar-refractivity contribution < 1.29 is 0 Å². The third-order valence-corrected chi connectivity index (χ3v) is 5.57. The number of halogens is 1. The molecule has 2 aromatic heterocycles. The van der Waals surface area contributed by atoms with Crippen molar-refractivity contribution in [1.29, 1.82) is 0 Å². The molecule has 4 heteroatoms. The van der Waals surface area contributed by atoms with Crippen molar-refractivity contribution in [3.8, 4) is 11.1 Å². The van der Waals surface area contributed by atoms with Crippen LogP contribution in [0.3, 0.4) is 0 Å². The maximum atomic E-state index is 4.39. The molecular weight excluding hydrogens is 434 g/mol. The lowest BCUT2D eigenvalue weighted by atomic mass is 9.86. The average molecular weight is 464 g/mol. The lowest BCUT2D eigenvalue weighted by Gasteiger charge is -2.19. The van der Waals surface area contributed by atoms with Crippen LogP contribution in [0.1, 0.15) is 52.7 Å². The summed E-state index contributed by atoms with van der Waals surface area (Å²) >= 11 is 3.41. The molecule has 0 N–H and O–H groups in total. The van der Waals surface area contributed by atoms with Crippen LogP contribution in [0, 0.1) is 0 Å². The average Bonchev–Trinajstić information content (AvgIpc) is 3.15. The van der Waals surface area contributed by atoms with Crippen molar-refractivity contribution in [2.45, 2.75) is 52.4 Å². The molecule has 2 heterocycles. The first-order valence-electron chi connectivity index (χ1n) is 10.2. The molecule has 0 radical (unpaired) electrons. The molecule has 0 aliphatic heterocycles. The van der Waals surface area contributed by atoms with E-state index in [1.54, 1.807) is 10.7 Å². The van der Waals surface area contributed by atoms with Crippen LogP contribution >= 0.6 is 15.9 Å². The van der Waals surface area contributed by atoms with Gasteiger partial charge in [-0.15, -0.1) is 0 Å². The van der Waals surface area contributed by atoms with Gasteiger partial charge in [-0.3, -0.25) is 0 Å². The predicted molar refractivity (Wildman–Crippen MR) is 130 cm³/mol. The van der Waals surface area contributed by atoms with Gasteiger partial charge in [0.1, 0.15) is 0 Å². The molecule has 0 atom stereocenters. The van der Waals surface area contributed by atoms with Crippen molar-refractivity contribution in [1.82, 2.24) is 14.6 Å². The molecule has 0 spiro atoms. The maximum Gasteiger partial charge on any atom is 0.154 e. The third-order valence-electron chi connectivity index (χ3n) is 5.04. The Morgan fingerprint density at radius 1 is 0.700 bits per heavy atom. The predicted octanol–water partition coefficient (Wildman–Crippen LogP) is 7.44. The Morgan fingerprint density at radius 2 is 1.23 bits per heavy atom. The molecule has 3 nitrogen and oxygen atoms in total. The minimum Gasteiger partial charge on any atom is -0.236 e. The van der Waals surface area contributed by atoms with Crippen molar-refractivity contribution in [2.75, 3.05) is 0 Å². The van der Waals surface area contributed by atoms with Crippen LogP contribution in [0.5, 0.6) is 0 Å². The molecular formula is C26H30BrN3. The standard InChI is InChI=1S/C16H17N3.C10H13Br/c1-16(2,3)14-6-4-12(5-7-14)13-10-17-15-8-9-18-19(15)11-13;1-10(2,3)8-4-6-9(11)7-5-8/h4-11H,1-3H3;4-7H,1-3H3. The number of rotatable bonds is 1. The summed E-state index contributed by atoms with van der Waals surface area (Å²) in [5.74, 6) is 0. The lowest BCUT2D eigenvalue weighted by molar-refractivity contribution is 0.590. The maximum absolute atomic E-state index is 4.39. The monoisotopic (exact) mass is 463 g/mol. The summed E-state index contributed by atoms with van der Waals surface area (Å²) in [6.07, 6.45) is 5.66. The molecule has 4 aromatic rings. The van der Waals surface area contributed by atoms with Gasteiger partial charge in [-0.2, -0.15) is 5.10 Å². The van der Waals surface area contributed by atoms with Gasteiger partial charge < -0.3 is 0 Å². The van der Waals surface area contributed by atoms with Gasteiger partial charge in [0.2, 0.25) is 0 Å². The first kappa shape index (κ1) is 22.2. The quantitative estimate of drug-likeness (QED) is 0.293. The zero-order chi connectivity index (χ0) is 21.9. The highest BCUT2D eigenvalue weighted by Gasteiger charge is 2.13. The van der Waals surface area contributed by atoms with E-state index in [9.17, 15) is 0 Å². The molecule has 0 saturated carbocycles. The van der Waals surface area contributed by atoms with E-state index in [0.29, 0.717) is 0 Å². The summed E-state index contributed by atoms with van der Waals surface area (Å²) in [6.45, 7) is 13.3. The van der Waals surface area contributed by atoms with Gasteiger partial charge in [0.25, 0.3) is 0 Å². The first-order chi connectivity index (χ1) is 14.0. The molecule has 0 aliphatic carbocycles. The number of aromatic nitrogens is 3. The second-order valence-corrected chi connectivity index (χ2v) is 10.5. The fourth-order valence-corrected chi connectivity index (χ4v) is 3.34. The van der Waals surface area contributed by atoms with Crippen molar-refractivity contribution in [3.05, 3.63) is 88.8 Å². The number of nitrogens with zero attached hydrogens (tertiary/aromatic N) is 3. The minimum atomic E-state index is 0.183. The summed E-state index contributed by atoms with van der Waals surface area (Å²) < 4.78 is 2.94. The molecule has 0 amide bonds. The molecule has 0 fully saturated rings. The summed E-state index contributed by atoms with van der Waals surface area (Å²) in [6, 6.07) is 19.0. The zero-order valence-corrected chi connectivity index (χ0v) is 20.2. The first-order valence-corrected chi connectivity index (χ1v) is 11.0. The van der Waals surface area contributed by atoms with Crippen LogP contribution in [0.2, 0.25) is 0 Å². The molecule has 2 aromatic carbocycles. The van der Waals surface area contributed by atoms with Crippen LogP contribution in [-0.2, 0) is 10.8 Å². The normalized spacial score (nSPS) is 11.8. The molecule has 0 bridgehead atoms. The lowest BCUT2D eigenvalue weighted by Crippen LogP contribution is -2.10. The van der Waals surface area contributed by atoms with Gasteiger partial charge >= 0.3 is 0 Å². The summed E-state index contributed by atoms with van der Waals surface area (Å²) in [5, 5.41) is 4.22. The molecule has 156 valence electrons. The van der Waals surface area contributed by atoms with E-state index in [1.165, 1.54) is 11.1 Å². The Bertz CT molecular complexity index is 1100. The van der Waals surface area contributed by atoms with Crippen LogP contribution < -0.4 is 0 Å². The summed E-state index contributed by atoms with van der Waals surface area (Å²) in [7, 11) is 0. The molecule has 0 saturated heterocycles. The van der Waals surface area contributed by atoms with Gasteiger partial charge in [0.15, 0.2) is 5.65 Å². The van der Waals surface area contributed by atoms with Gasteiger partial charge in [0.05, 0.1) is 6.20 Å². The summed E-state index contributed by atoms with van der Waals surface area (Å²) in [5.41, 5.74) is 6.28. The Labute approximate surface area is 188 Å². The van der Waals surface area contributed by atoms with Crippen LogP contribution in [-0.4, -0.2) is 14.6 Å². The minimum absolute atomic E-state index is 0.183. The summed E-state index contributed by atoms with van der Waals surface area (Å²) in [4.78, 5) is 4.39. The number of hydrogen-bond donors (Lipinski definition) is 0.